The standard InChI is InChI=1S/C17H21N3OS/c1-12(15-11-22-16(19-15)14-8-9-14)18-17(21)20(2)10-13-6-4-3-5-7-13/h3-7,11-12,14H,8-10H2,1-2H3,(H,18,21)/t12-/m0/s1. The van der Waals surface area contributed by atoms with Crippen LogP contribution in [0.25, 0.3) is 0 Å². The summed E-state index contributed by atoms with van der Waals surface area (Å²) in [5, 5.41) is 6.30. The Labute approximate surface area is 135 Å². The normalized spacial score (nSPS) is 15.4. The molecule has 0 spiro atoms. The summed E-state index contributed by atoms with van der Waals surface area (Å²) in [6.45, 7) is 2.59. The molecule has 1 aromatic heterocycles. The minimum absolute atomic E-state index is 0.0607. The Morgan fingerprint density at radius 1 is 1.41 bits per heavy atom. The van der Waals surface area contributed by atoms with Crippen molar-refractivity contribution in [1.82, 2.24) is 15.2 Å². The average Bonchev–Trinajstić information content (AvgIpc) is 3.25. The van der Waals surface area contributed by atoms with E-state index >= 15 is 0 Å². The van der Waals surface area contributed by atoms with Gasteiger partial charge in [-0.1, -0.05) is 30.3 Å². The van der Waals surface area contributed by atoms with Crippen molar-refractivity contribution in [1.29, 1.82) is 0 Å². The summed E-state index contributed by atoms with van der Waals surface area (Å²) in [6.07, 6.45) is 2.51. The highest BCUT2D eigenvalue weighted by atomic mass is 32.1. The van der Waals surface area contributed by atoms with Gasteiger partial charge in [-0.15, -0.1) is 11.3 Å². The number of nitrogens with zero attached hydrogens (tertiary/aromatic N) is 2. The van der Waals surface area contributed by atoms with Crippen molar-refractivity contribution < 1.29 is 4.79 Å². The molecular weight excluding hydrogens is 294 g/mol. The third-order valence-corrected chi connectivity index (χ3v) is 4.88. The first-order valence-electron chi connectivity index (χ1n) is 7.64. The van der Waals surface area contributed by atoms with Crippen molar-refractivity contribution in [2.45, 2.75) is 38.3 Å². The number of nitrogens with one attached hydrogen (secondary N) is 1. The van der Waals surface area contributed by atoms with E-state index in [1.807, 2.05) is 44.3 Å². The number of urea groups is 1. The number of hydrogen-bond donors (Lipinski definition) is 1. The SMILES string of the molecule is C[C@H](NC(=O)N(C)Cc1ccccc1)c1csc(C2CC2)n1. The number of rotatable bonds is 5. The molecule has 2 amide bonds. The van der Waals surface area contributed by atoms with Crippen molar-refractivity contribution in [3.05, 3.63) is 52.0 Å². The first kappa shape index (κ1) is 15.0. The van der Waals surface area contributed by atoms with Gasteiger partial charge in [-0.25, -0.2) is 9.78 Å². The van der Waals surface area contributed by atoms with Gasteiger partial charge in [-0.05, 0) is 25.3 Å². The molecule has 0 unspecified atom stereocenters. The summed E-state index contributed by atoms with van der Waals surface area (Å²) in [5.41, 5.74) is 2.09. The van der Waals surface area contributed by atoms with Crippen LogP contribution in [0.2, 0.25) is 0 Å². The van der Waals surface area contributed by atoms with Crippen LogP contribution in [0.5, 0.6) is 0 Å². The molecule has 1 N–H and O–H groups in total. The molecule has 1 atom stereocenters. The molecule has 0 saturated heterocycles. The maximum Gasteiger partial charge on any atom is 0.317 e. The van der Waals surface area contributed by atoms with E-state index in [9.17, 15) is 4.79 Å². The lowest BCUT2D eigenvalue weighted by molar-refractivity contribution is 0.203. The molecule has 22 heavy (non-hydrogen) atoms. The average molecular weight is 315 g/mol. The van der Waals surface area contributed by atoms with E-state index in [1.54, 1.807) is 16.2 Å². The molecule has 4 nitrogen and oxygen atoms in total. The van der Waals surface area contributed by atoms with Crippen LogP contribution in [0, 0.1) is 0 Å². The van der Waals surface area contributed by atoms with Crippen LogP contribution in [-0.4, -0.2) is 23.0 Å². The molecule has 1 heterocycles. The van der Waals surface area contributed by atoms with Crippen LogP contribution >= 0.6 is 11.3 Å². The number of amides is 2. The van der Waals surface area contributed by atoms with Gasteiger partial charge in [0.1, 0.15) is 0 Å². The van der Waals surface area contributed by atoms with Gasteiger partial charge in [-0.2, -0.15) is 0 Å². The summed E-state index contributed by atoms with van der Waals surface area (Å²) in [7, 11) is 1.81. The molecular formula is C17H21N3OS. The first-order chi connectivity index (χ1) is 10.6. The molecule has 1 aromatic carbocycles. The van der Waals surface area contributed by atoms with E-state index in [2.05, 4.69) is 15.7 Å². The Morgan fingerprint density at radius 2 is 2.14 bits per heavy atom. The van der Waals surface area contributed by atoms with Crippen LogP contribution < -0.4 is 5.32 Å². The molecule has 2 aromatic rings. The largest absolute Gasteiger partial charge is 0.330 e. The second-order valence-corrected chi connectivity index (χ2v) is 6.79. The van der Waals surface area contributed by atoms with Crippen LogP contribution in [-0.2, 0) is 6.54 Å². The quantitative estimate of drug-likeness (QED) is 0.909. The molecule has 3 rings (SSSR count). The summed E-state index contributed by atoms with van der Waals surface area (Å²) in [6, 6.07) is 9.86. The van der Waals surface area contributed by atoms with Crippen molar-refractivity contribution in [3.8, 4) is 0 Å². The van der Waals surface area contributed by atoms with Crippen LogP contribution in [0.15, 0.2) is 35.7 Å². The number of hydrogen-bond acceptors (Lipinski definition) is 3. The number of aromatic nitrogens is 1. The second-order valence-electron chi connectivity index (χ2n) is 5.90. The Bertz CT molecular complexity index is 636. The monoisotopic (exact) mass is 315 g/mol. The summed E-state index contributed by atoms with van der Waals surface area (Å²) in [4.78, 5) is 18.6. The van der Waals surface area contributed by atoms with Gasteiger partial charge in [0, 0.05) is 24.9 Å². The Hall–Kier alpha value is -1.88. The molecule has 116 valence electrons. The lowest BCUT2D eigenvalue weighted by atomic mass is 10.2. The molecule has 0 radical (unpaired) electrons. The highest BCUT2D eigenvalue weighted by Crippen LogP contribution is 2.41. The molecule has 0 bridgehead atoms. The van der Waals surface area contributed by atoms with Gasteiger partial charge < -0.3 is 10.2 Å². The number of carbonyl (C=O) groups excluding carboxylic acids is 1. The van der Waals surface area contributed by atoms with Crippen LogP contribution in [0.3, 0.4) is 0 Å². The third-order valence-electron chi connectivity index (χ3n) is 3.86. The minimum atomic E-state index is -0.0719. The zero-order valence-electron chi connectivity index (χ0n) is 13.0. The van der Waals surface area contributed by atoms with Crippen molar-refractivity contribution in [2.75, 3.05) is 7.05 Å². The van der Waals surface area contributed by atoms with Crippen LogP contribution in [0.4, 0.5) is 4.79 Å². The maximum atomic E-state index is 12.3. The van der Waals surface area contributed by atoms with Crippen molar-refractivity contribution in [3.63, 3.8) is 0 Å². The Balaban J connectivity index is 1.55. The topological polar surface area (TPSA) is 45.2 Å². The van der Waals surface area contributed by atoms with E-state index in [0.29, 0.717) is 12.5 Å². The van der Waals surface area contributed by atoms with E-state index < -0.39 is 0 Å². The van der Waals surface area contributed by atoms with Crippen LogP contribution in [0.1, 0.15) is 48.0 Å². The van der Waals surface area contributed by atoms with Gasteiger partial charge >= 0.3 is 6.03 Å². The number of thiazole rings is 1. The number of benzene rings is 1. The lowest BCUT2D eigenvalue weighted by Crippen LogP contribution is -2.38. The summed E-state index contributed by atoms with van der Waals surface area (Å²) >= 11 is 1.71. The van der Waals surface area contributed by atoms with E-state index in [1.165, 1.54) is 17.8 Å². The minimum Gasteiger partial charge on any atom is -0.330 e. The smallest absolute Gasteiger partial charge is 0.317 e. The fraction of sp³-hybridized carbons (Fsp3) is 0.412. The number of carbonyl (C=O) groups is 1. The van der Waals surface area contributed by atoms with Gasteiger partial charge in [0.2, 0.25) is 0 Å². The van der Waals surface area contributed by atoms with Crippen molar-refractivity contribution in [2.24, 2.45) is 0 Å². The Kier molecular flexibility index (Phi) is 4.43. The highest BCUT2D eigenvalue weighted by Gasteiger charge is 2.27. The fourth-order valence-electron chi connectivity index (χ4n) is 2.32. The van der Waals surface area contributed by atoms with Gasteiger partial charge in [0.15, 0.2) is 0 Å². The third kappa shape index (κ3) is 3.65. The predicted octanol–water partition coefficient (Wildman–Crippen LogP) is 3.92. The molecule has 0 aliphatic heterocycles. The summed E-state index contributed by atoms with van der Waals surface area (Å²) < 4.78 is 0. The fourth-order valence-corrected chi connectivity index (χ4v) is 3.40. The molecule has 5 heteroatoms. The predicted molar refractivity (Wildman–Crippen MR) is 88.9 cm³/mol. The van der Waals surface area contributed by atoms with Gasteiger partial charge in [0.25, 0.3) is 0 Å². The van der Waals surface area contributed by atoms with Gasteiger partial charge in [-0.3, -0.25) is 0 Å². The Morgan fingerprint density at radius 3 is 2.82 bits per heavy atom. The van der Waals surface area contributed by atoms with E-state index in [4.69, 9.17) is 0 Å². The van der Waals surface area contributed by atoms with E-state index in [0.717, 1.165) is 11.3 Å². The molecule has 1 aliphatic carbocycles. The lowest BCUT2D eigenvalue weighted by Gasteiger charge is -2.20. The second kappa shape index (κ2) is 6.48. The van der Waals surface area contributed by atoms with E-state index in [-0.39, 0.29) is 12.1 Å². The molecule has 1 fully saturated rings. The zero-order valence-corrected chi connectivity index (χ0v) is 13.8. The molecule has 1 aliphatic rings. The van der Waals surface area contributed by atoms with Crippen molar-refractivity contribution >= 4 is 17.4 Å². The maximum absolute atomic E-state index is 12.3. The zero-order chi connectivity index (χ0) is 15.5. The first-order valence-corrected chi connectivity index (χ1v) is 8.52. The van der Waals surface area contributed by atoms with Gasteiger partial charge in [0.05, 0.1) is 16.7 Å². The molecule has 1 saturated carbocycles. The highest BCUT2D eigenvalue weighted by molar-refractivity contribution is 7.09. The summed E-state index contributed by atoms with van der Waals surface area (Å²) in [5.74, 6) is 0.669.